The third-order valence-electron chi connectivity index (χ3n) is 5.25. The Morgan fingerprint density at radius 3 is 2.64 bits per heavy atom. The SMILES string of the molecule is CCN(CC)CCn1cc([C@@H]2CCCN2C)c2ccccc21. The lowest BCUT2D eigenvalue weighted by Gasteiger charge is -2.19. The molecule has 0 spiro atoms. The molecule has 1 atom stereocenters. The fourth-order valence-corrected chi connectivity index (χ4v) is 3.82. The summed E-state index contributed by atoms with van der Waals surface area (Å²) >= 11 is 0. The first-order valence-corrected chi connectivity index (χ1v) is 8.75. The topological polar surface area (TPSA) is 11.4 Å². The summed E-state index contributed by atoms with van der Waals surface area (Å²) in [5.41, 5.74) is 2.92. The molecule has 3 nitrogen and oxygen atoms in total. The maximum absolute atomic E-state index is 2.51. The highest BCUT2D eigenvalue weighted by Crippen LogP contribution is 2.35. The van der Waals surface area contributed by atoms with Gasteiger partial charge in [0.2, 0.25) is 0 Å². The van der Waals surface area contributed by atoms with Crippen LogP contribution in [0.2, 0.25) is 0 Å². The Kier molecular flexibility index (Phi) is 4.84. The van der Waals surface area contributed by atoms with Crippen LogP contribution >= 0.6 is 0 Å². The van der Waals surface area contributed by atoms with Crippen molar-refractivity contribution in [3.63, 3.8) is 0 Å². The predicted molar refractivity (Wildman–Crippen MR) is 94.3 cm³/mol. The fraction of sp³-hybridized carbons (Fsp3) is 0.579. The number of rotatable bonds is 6. The molecule has 120 valence electrons. The molecule has 1 aromatic heterocycles. The Bertz CT molecular complexity index is 612. The second-order valence-electron chi connectivity index (χ2n) is 6.46. The van der Waals surface area contributed by atoms with Gasteiger partial charge in [0.15, 0.2) is 0 Å². The largest absolute Gasteiger partial charge is 0.346 e. The molecular formula is C19H29N3. The van der Waals surface area contributed by atoms with E-state index in [4.69, 9.17) is 0 Å². The summed E-state index contributed by atoms with van der Waals surface area (Å²) in [6.45, 7) is 10.2. The van der Waals surface area contributed by atoms with Gasteiger partial charge < -0.3 is 9.47 Å². The number of likely N-dealkylation sites (N-methyl/N-ethyl adjacent to an activating group) is 1. The van der Waals surface area contributed by atoms with E-state index in [1.807, 2.05) is 0 Å². The third kappa shape index (κ3) is 2.92. The van der Waals surface area contributed by atoms with E-state index in [0.29, 0.717) is 6.04 Å². The van der Waals surface area contributed by atoms with Crippen molar-refractivity contribution in [2.45, 2.75) is 39.3 Å². The van der Waals surface area contributed by atoms with Crippen LogP contribution in [0.1, 0.15) is 38.3 Å². The molecule has 22 heavy (non-hydrogen) atoms. The van der Waals surface area contributed by atoms with Crippen LogP contribution in [0.5, 0.6) is 0 Å². The molecule has 0 N–H and O–H groups in total. The lowest BCUT2D eigenvalue weighted by atomic mass is 10.0. The number of hydrogen-bond donors (Lipinski definition) is 0. The number of likely N-dealkylation sites (tertiary alicyclic amines) is 1. The van der Waals surface area contributed by atoms with Crippen LogP contribution in [0.15, 0.2) is 30.5 Å². The molecule has 2 heterocycles. The summed E-state index contributed by atoms with van der Waals surface area (Å²) in [5, 5.41) is 1.45. The van der Waals surface area contributed by atoms with E-state index in [2.05, 4.69) is 65.7 Å². The van der Waals surface area contributed by atoms with E-state index < -0.39 is 0 Å². The Balaban J connectivity index is 1.90. The average molecular weight is 299 g/mol. The summed E-state index contributed by atoms with van der Waals surface area (Å²) in [6, 6.07) is 9.51. The maximum atomic E-state index is 2.51. The zero-order valence-corrected chi connectivity index (χ0v) is 14.3. The number of nitrogens with zero attached hydrogens (tertiary/aromatic N) is 3. The van der Waals surface area contributed by atoms with E-state index in [9.17, 15) is 0 Å². The minimum absolute atomic E-state index is 0.597. The van der Waals surface area contributed by atoms with Crippen molar-refractivity contribution in [2.24, 2.45) is 0 Å². The molecule has 1 aliphatic rings. The lowest BCUT2D eigenvalue weighted by molar-refractivity contribution is 0.291. The van der Waals surface area contributed by atoms with Gasteiger partial charge in [0, 0.05) is 36.2 Å². The van der Waals surface area contributed by atoms with E-state index >= 15 is 0 Å². The quantitative estimate of drug-likeness (QED) is 0.805. The van der Waals surface area contributed by atoms with Gasteiger partial charge in [-0.3, -0.25) is 4.90 Å². The van der Waals surface area contributed by atoms with Gasteiger partial charge in [0.05, 0.1) is 0 Å². The first-order valence-electron chi connectivity index (χ1n) is 8.75. The van der Waals surface area contributed by atoms with Crippen LogP contribution in [-0.4, -0.2) is 47.6 Å². The van der Waals surface area contributed by atoms with Crippen molar-refractivity contribution in [1.82, 2.24) is 14.4 Å². The van der Waals surface area contributed by atoms with Gasteiger partial charge in [-0.15, -0.1) is 0 Å². The average Bonchev–Trinajstić information content (AvgIpc) is 3.12. The van der Waals surface area contributed by atoms with Gasteiger partial charge in [-0.1, -0.05) is 32.0 Å². The molecule has 2 aromatic rings. The van der Waals surface area contributed by atoms with E-state index in [0.717, 1.165) is 26.2 Å². The minimum Gasteiger partial charge on any atom is -0.346 e. The van der Waals surface area contributed by atoms with Crippen molar-refractivity contribution in [3.8, 4) is 0 Å². The summed E-state index contributed by atoms with van der Waals surface area (Å²) in [4.78, 5) is 5.01. The van der Waals surface area contributed by atoms with Crippen LogP contribution in [0.3, 0.4) is 0 Å². The molecular weight excluding hydrogens is 270 g/mol. The molecule has 0 unspecified atom stereocenters. The predicted octanol–water partition coefficient (Wildman–Crippen LogP) is 3.75. The minimum atomic E-state index is 0.597. The number of fused-ring (bicyclic) bond motifs is 1. The van der Waals surface area contributed by atoms with Crippen molar-refractivity contribution in [3.05, 3.63) is 36.0 Å². The molecule has 0 aliphatic carbocycles. The molecule has 0 amide bonds. The van der Waals surface area contributed by atoms with Crippen molar-refractivity contribution < 1.29 is 0 Å². The van der Waals surface area contributed by atoms with Gasteiger partial charge in [-0.25, -0.2) is 0 Å². The molecule has 0 bridgehead atoms. The monoisotopic (exact) mass is 299 g/mol. The summed E-state index contributed by atoms with van der Waals surface area (Å²) in [5.74, 6) is 0. The standard InChI is InChI=1S/C19H29N3/c1-4-21(5-2)13-14-22-15-17(18-11-8-12-20(18)3)16-9-6-7-10-19(16)22/h6-7,9-10,15,18H,4-5,8,11-14H2,1-3H3/t18-/m0/s1. The molecule has 1 fully saturated rings. The van der Waals surface area contributed by atoms with E-state index in [1.165, 1.54) is 35.9 Å². The molecule has 0 radical (unpaired) electrons. The molecule has 1 aromatic carbocycles. The summed E-state index contributed by atoms with van der Waals surface area (Å²) in [6.07, 6.45) is 5.03. The van der Waals surface area contributed by atoms with Crippen molar-refractivity contribution >= 4 is 10.9 Å². The second kappa shape index (κ2) is 6.84. The number of aromatic nitrogens is 1. The normalized spacial score (nSPS) is 19.5. The van der Waals surface area contributed by atoms with Gasteiger partial charge in [0.25, 0.3) is 0 Å². The second-order valence-corrected chi connectivity index (χ2v) is 6.46. The van der Waals surface area contributed by atoms with Crippen LogP contribution in [0, 0.1) is 0 Å². The Hall–Kier alpha value is -1.32. The molecule has 1 saturated heterocycles. The Morgan fingerprint density at radius 2 is 1.95 bits per heavy atom. The van der Waals surface area contributed by atoms with Gasteiger partial charge in [0.1, 0.15) is 0 Å². The van der Waals surface area contributed by atoms with Gasteiger partial charge in [-0.05, 0) is 51.2 Å². The first-order chi connectivity index (χ1) is 10.7. The maximum Gasteiger partial charge on any atom is 0.0484 e. The van der Waals surface area contributed by atoms with E-state index in [-0.39, 0.29) is 0 Å². The van der Waals surface area contributed by atoms with Crippen LogP contribution in [-0.2, 0) is 6.54 Å². The van der Waals surface area contributed by atoms with Crippen molar-refractivity contribution in [2.75, 3.05) is 33.2 Å². The fourth-order valence-electron chi connectivity index (χ4n) is 3.82. The first kappa shape index (κ1) is 15.6. The van der Waals surface area contributed by atoms with Crippen LogP contribution in [0.4, 0.5) is 0 Å². The van der Waals surface area contributed by atoms with Crippen molar-refractivity contribution in [1.29, 1.82) is 0 Å². The number of para-hydroxylation sites is 1. The molecule has 3 rings (SSSR count). The van der Waals surface area contributed by atoms with Gasteiger partial charge >= 0.3 is 0 Å². The smallest absolute Gasteiger partial charge is 0.0484 e. The highest BCUT2D eigenvalue weighted by Gasteiger charge is 2.25. The Morgan fingerprint density at radius 1 is 1.18 bits per heavy atom. The Labute approximate surface area is 134 Å². The van der Waals surface area contributed by atoms with Crippen LogP contribution < -0.4 is 0 Å². The molecule has 1 aliphatic heterocycles. The highest BCUT2D eigenvalue weighted by molar-refractivity contribution is 5.84. The van der Waals surface area contributed by atoms with Crippen LogP contribution in [0.25, 0.3) is 10.9 Å². The summed E-state index contributed by atoms with van der Waals surface area (Å²) in [7, 11) is 2.26. The molecule has 0 saturated carbocycles. The number of hydrogen-bond acceptors (Lipinski definition) is 2. The zero-order chi connectivity index (χ0) is 15.5. The molecule has 3 heteroatoms. The highest BCUT2D eigenvalue weighted by atomic mass is 15.2. The summed E-state index contributed by atoms with van der Waals surface area (Å²) < 4.78 is 2.47. The third-order valence-corrected chi connectivity index (χ3v) is 5.25. The van der Waals surface area contributed by atoms with Gasteiger partial charge in [-0.2, -0.15) is 0 Å². The van der Waals surface area contributed by atoms with E-state index in [1.54, 1.807) is 0 Å². The number of benzene rings is 1. The zero-order valence-electron chi connectivity index (χ0n) is 14.3. The lowest BCUT2D eigenvalue weighted by Crippen LogP contribution is -2.26.